The van der Waals surface area contributed by atoms with Crippen molar-refractivity contribution < 1.29 is 18.0 Å². The van der Waals surface area contributed by atoms with E-state index in [1.807, 2.05) is 0 Å². The minimum Gasteiger partial charge on any atom is -0.398 e. The first-order valence-corrected chi connectivity index (χ1v) is 5.71. The smallest absolute Gasteiger partial charge is 0.255 e. The number of hydrogen-bond donors (Lipinski definition) is 2. The molecule has 0 bridgehead atoms. The van der Waals surface area contributed by atoms with E-state index in [4.69, 9.17) is 5.73 Å². The quantitative estimate of drug-likeness (QED) is 0.655. The van der Waals surface area contributed by atoms with Gasteiger partial charge in [0.1, 0.15) is 0 Å². The van der Waals surface area contributed by atoms with Gasteiger partial charge >= 0.3 is 0 Å². The number of aryl methyl sites for hydroxylation is 1. The molecule has 0 atom stereocenters. The largest absolute Gasteiger partial charge is 0.398 e. The number of hydrogen-bond acceptors (Lipinski definition) is 2. The van der Waals surface area contributed by atoms with E-state index in [1.165, 1.54) is 12.1 Å². The van der Waals surface area contributed by atoms with Crippen molar-refractivity contribution in [3.05, 3.63) is 58.9 Å². The molecule has 0 fully saturated rings. The van der Waals surface area contributed by atoms with Crippen molar-refractivity contribution in [3.63, 3.8) is 0 Å². The first-order valence-electron chi connectivity index (χ1n) is 5.71. The van der Waals surface area contributed by atoms with E-state index in [0.717, 1.165) is 17.7 Å². The fraction of sp³-hybridized carbons (Fsp3) is 0.0714. The zero-order valence-electron chi connectivity index (χ0n) is 10.5. The van der Waals surface area contributed by atoms with Crippen LogP contribution in [0.25, 0.3) is 0 Å². The summed E-state index contributed by atoms with van der Waals surface area (Å²) in [5, 5.41) is 2.17. The number of rotatable bonds is 2. The third-order valence-electron chi connectivity index (χ3n) is 2.82. The highest BCUT2D eigenvalue weighted by Crippen LogP contribution is 2.21. The van der Waals surface area contributed by atoms with Crippen LogP contribution in [0.3, 0.4) is 0 Å². The van der Waals surface area contributed by atoms with Crippen molar-refractivity contribution in [2.45, 2.75) is 6.92 Å². The normalized spacial score (nSPS) is 10.4. The van der Waals surface area contributed by atoms with E-state index >= 15 is 0 Å². The van der Waals surface area contributed by atoms with Gasteiger partial charge in [-0.2, -0.15) is 0 Å². The van der Waals surface area contributed by atoms with Crippen LogP contribution in [0.1, 0.15) is 15.9 Å². The maximum atomic E-state index is 13.4. The molecular weight excluding hydrogens is 269 g/mol. The average molecular weight is 280 g/mol. The standard InChI is InChI=1S/C14H11F3N2O/c1-7-2-3-8(6-10(7)18)14(20)19-11-5-4-9(15)12(16)13(11)17/h2-6H,18H2,1H3,(H,19,20). The van der Waals surface area contributed by atoms with Crippen LogP contribution in [0.4, 0.5) is 24.5 Å². The summed E-state index contributed by atoms with van der Waals surface area (Å²) in [7, 11) is 0. The van der Waals surface area contributed by atoms with E-state index in [-0.39, 0.29) is 5.56 Å². The highest BCUT2D eigenvalue weighted by molar-refractivity contribution is 6.04. The summed E-state index contributed by atoms with van der Waals surface area (Å²) in [6.07, 6.45) is 0. The van der Waals surface area contributed by atoms with Gasteiger partial charge in [-0.25, -0.2) is 13.2 Å². The van der Waals surface area contributed by atoms with E-state index in [9.17, 15) is 18.0 Å². The van der Waals surface area contributed by atoms with Crippen LogP contribution in [0.15, 0.2) is 30.3 Å². The maximum absolute atomic E-state index is 13.4. The molecule has 0 unspecified atom stereocenters. The lowest BCUT2D eigenvalue weighted by atomic mass is 10.1. The predicted octanol–water partition coefficient (Wildman–Crippen LogP) is 3.25. The first-order chi connectivity index (χ1) is 9.40. The van der Waals surface area contributed by atoms with Gasteiger partial charge in [-0.1, -0.05) is 6.07 Å². The summed E-state index contributed by atoms with van der Waals surface area (Å²) in [4.78, 5) is 11.9. The highest BCUT2D eigenvalue weighted by Gasteiger charge is 2.16. The lowest BCUT2D eigenvalue weighted by Gasteiger charge is -2.08. The van der Waals surface area contributed by atoms with Crippen LogP contribution in [0.5, 0.6) is 0 Å². The van der Waals surface area contributed by atoms with Gasteiger partial charge in [0.05, 0.1) is 5.69 Å². The lowest BCUT2D eigenvalue weighted by Crippen LogP contribution is -2.14. The first kappa shape index (κ1) is 13.9. The molecule has 104 valence electrons. The van der Waals surface area contributed by atoms with E-state index in [1.54, 1.807) is 13.0 Å². The summed E-state index contributed by atoms with van der Waals surface area (Å²) in [6, 6.07) is 6.23. The Hall–Kier alpha value is -2.50. The van der Waals surface area contributed by atoms with E-state index in [2.05, 4.69) is 5.32 Å². The fourth-order valence-electron chi connectivity index (χ4n) is 1.60. The maximum Gasteiger partial charge on any atom is 0.255 e. The molecule has 2 aromatic carbocycles. The van der Waals surface area contributed by atoms with E-state index < -0.39 is 29.0 Å². The second-order valence-electron chi connectivity index (χ2n) is 4.25. The molecule has 0 spiro atoms. The van der Waals surface area contributed by atoms with Crippen molar-refractivity contribution in [3.8, 4) is 0 Å². The Kier molecular flexibility index (Phi) is 3.65. The number of amides is 1. The van der Waals surface area contributed by atoms with E-state index in [0.29, 0.717) is 5.69 Å². The molecule has 0 saturated carbocycles. The molecule has 3 N–H and O–H groups in total. The molecule has 0 heterocycles. The van der Waals surface area contributed by atoms with Gasteiger partial charge < -0.3 is 11.1 Å². The van der Waals surface area contributed by atoms with Crippen LogP contribution in [0, 0.1) is 24.4 Å². The van der Waals surface area contributed by atoms with Crippen molar-refractivity contribution in [1.29, 1.82) is 0 Å². The lowest BCUT2D eigenvalue weighted by molar-refractivity contribution is 0.102. The molecule has 2 aromatic rings. The number of nitrogens with two attached hydrogens (primary N) is 1. The third-order valence-corrected chi connectivity index (χ3v) is 2.82. The molecule has 0 aromatic heterocycles. The zero-order valence-corrected chi connectivity index (χ0v) is 10.5. The summed E-state index contributed by atoms with van der Waals surface area (Å²) >= 11 is 0. The SMILES string of the molecule is Cc1ccc(C(=O)Nc2ccc(F)c(F)c2F)cc1N. The number of benzene rings is 2. The molecule has 0 aliphatic carbocycles. The highest BCUT2D eigenvalue weighted by atomic mass is 19.2. The van der Waals surface area contributed by atoms with Gasteiger partial charge in [-0.05, 0) is 36.8 Å². The van der Waals surface area contributed by atoms with Gasteiger partial charge in [0.2, 0.25) is 0 Å². The summed E-state index contributed by atoms with van der Waals surface area (Å²) in [5.74, 6) is -5.06. The van der Waals surface area contributed by atoms with Gasteiger partial charge in [-0.3, -0.25) is 4.79 Å². The second-order valence-corrected chi connectivity index (χ2v) is 4.25. The number of nitrogens with one attached hydrogen (secondary N) is 1. The Morgan fingerprint density at radius 2 is 1.80 bits per heavy atom. The molecule has 20 heavy (non-hydrogen) atoms. The van der Waals surface area contributed by atoms with Gasteiger partial charge in [0, 0.05) is 11.3 Å². The fourth-order valence-corrected chi connectivity index (χ4v) is 1.60. The Morgan fingerprint density at radius 3 is 2.45 bits per heavy atom. The average Bonchev–Trinajstić information content (AvgIpc) is 2.42. The molecule has 1 amide bonds. The second kappa shape index (κ2) is 5.24. The zero-order chi connectivity index (χ0) is 14.9. The topological polar surface area (TPSA) is 55.1 Å². The van der Waals surface area contributed by atoms with Crippen LogP contribution in [-0.4, -0.2) is 5.91 Å². The monoisotopic (exact) mass is 280 g/mol. The van der Waals surface area contributed by atoms with Gasteiger partial charge in [0.15, 0.2) is 17.5 Å². The van der Waals surface area contributed by atoms with Crippen LogP contribution in [0.2, 0.25) is 0 Å². The molecular formula is C14H11F3N2O. The predicted molar refractivity (Wildman–Crippen MR) is 69.9 cm³/mol. The molecule has 0 radical (unpaired) electrons. The van der Waals surface area contributed by atoms with Crippen LogP contribution >= 0.6 is 0 Å². The van der Waals surface area contributed by atoms with Crippen LogP contribution in [-0.2, 0) is 0 Å². The number of halogens is 3. The summed E-state index contributed by atoms with van der Waals surface area (Å²) in [6.45, 7) is 1.77. The molecule has 6 heteroatoms. The van der Waals surface area contributed by atoms with Crippen molar-refractivity contribution >= 4 is 17.3 Å². The minimum atomic E-state index is -1.63. The number of nitrogen functional groups attached to an aromatic ring is 1. The number of anilines is 2. The molecule has 2 rings (SSSR count). The Bertz CT molecular complexity index is 686. The minimum absolute atomic E-state index is 0.192. The van der Waals surface area contributed by atoms with Crippen molar-refractivity contribution in [2.24, 2.45) is 0 Å². The molecule has 0 saturated heterocycles. The number of carbonyl (C=O) groups is 1. The third kappa shape index (κ3) is 2.59. The molecule has 0 aliphatic rings. The molecule has 3 nitrogen and oxygen atoms in total. The Labute approximate surface area is 113 Å². The Morgan fingerprint density at radius 1 is 1.10 bits per heavy atom. The summed E-state index contributed by atoms with van der Waals surface area (Å²) in [5.41, 5.74) is 6.62. The van der Waals surface area contributed by atoms with Crippen molar-refractivity contribution in [2.75, 3.05) is 11.1 Å². The number of carbonyl (C=O) groups excluding carboxylic acids is 1. The van der Waals surface area contributed by atoms with Gasteiger partial charge in [0.25, 0.3) is 5.91 Å². The Balaban J connectivity index is 2.28. The summed E-state index contributed by atoms with van der Waals surface area (Å²) < 4.78 is 39.2. The molecule has 0 aliphatic heterocycles. The van der Waals surface area contributed by atoms with Gasteiger partial charge in [-0.15, -0.1) is 0 Å². The van der Waals surface area contributed by atoms with Crippen molar-refractivity contribution in [1.82, 2.24) is 0 Å². The van der Waals surface area contributed by atoms with Crippen LogP contribution < -0.4 is 11.1 Å².